The van der Waals surface area contributed by atoms with Crippen molar-refractivity contribution in [2.24, 2.45) is 0 Å². The van der Waals surface area contributed by atoms with E-state index in [9.17, 15) is 22.5 Å². The third-order valence-electron chi connectivity index (χ3n) is 3.04. The summed E-state index contributed by atoms with van der Waals surface area (Å²) in [7, 11) is -0.803. The van der Waals surface area contributed by atoms with Crippen LogP contribution in [0.3, 0.4) is 0 Å². The molecule has 1 aliphatic rings. The van der Waals surface area contributed by atoms with Crippen LogP contribution in [-0.2, 0) is 23.5 Å². The Hall–Kier alpha value is -1.08. The summed E-state index contributed by atoms with van der Waals surface area (Å²) < 4.78 is 49.1. The standard InChI is InChI=1S/C12H14F3NO2S/c13-12(14,15)10-7-9(1-2-11(10)17)8-16-3-5-19(18)6-4-16/h1-2,7,17H,3-6,8H2. The van der Waals surface area contributed by atoms with Gasteiger partial charge in [-0.05, 0) is 17.7 Å². The van der Waals surface area contributed by atoms with Crippen molar-refractivity contribution in [2.75, 3.05) is 24.6 Å². The second-order valence-electron chi connectivity index (χ2n) is 4.47. The van der Waals surface area contributed by atoms with Gasteiger partial charge < -0.3 is 5.11 Å². The fourth-order valence-corrected chi connectivity index (χ4v) is 3.13. The van der Waals surface area contributed by atoms with Gasteiger partial charge in [0, 0.05) is 41.9 Å². The number of hydrogen-bond donors (Lipinski definition) is 1. The molecule has 1 heterocycles. The Bertz CT molecular complexity index is 480. The molecule has 1 aromatic carbocycles. The molecule has 19 heavy (non-hydrogen) atoms. The minimum atomic E-state index is -4.55. The largest absolute Gasteiger partial charge is 0.507 e. The molecule has 0 radical (unpaired) electrons. The van der Waals surface area contributed by atoms with Crippen LogP contribution in [0.25, 0.3) is 0 Å². The molecular weight excluding hydrogens is 279 g/mol. The van der Waals surface area contributed by atoms with E-state index in [4.69, 9.17) is 0 Å². The Balaban J connectivity index is 2.11. The zero-order valence-corrected chi connectivity index (χ0v) is 10.9. The Kier molecular flexibility index (Phi) is 4.15. The zero-order chi connectivity index (χ0) is 14.0. The lowest BCUT2D eigenvalue weighted by Crippen LogP contribution is -2.37. The Labute approximate surface area is 111 Å². The molecule has 0 unspecified atom stereocenters. The summed E-state index contributed by atoms with van der Waals surface area (Å²) in [5.74, 6) is 0.366. The molecule has 0 aromatic heterocycles. The van der Waals surface area contributed by atoms with Gasteiger partial charge in [-0.25, -0.2) is 0 Å². The van der Waals surface area contributed by atoms with Crippen molar-refractivity contribution in [1.29, 1.82) is 0 Å². The summed E-state index contributed by atoms with van der Waals surface area (Å²) >= 11 is 0. The predicted octanol–water partition coefficient (Wildman–Crippen LogP) is 1.98. The van der Waals surface area contributed by atoms with Gasteiger partial charge in [0.2, 0.25) is 0 Å². The van der Waals surface area contributed by atoms with Crippen LogP contribution in [0.5, 0.6) is 5.75 Å². The summed E-state index contributed by atoms with van der Waals surface area (Å²) in [6, 6.07) is 3.53. The van der Waals surface area contributed by atoms with Gasteiger partial charge in [-0.15, -0.1) is 0 Å². The van der Waals surface area contributed by atoms with Crippen molar-refractivity contribution < 1.29 is 22.5 Å². The van der Waals surface area contributed by atoms with Crippen molar-refractivity contribution in [2.45, 2.75) is 12.7 Å². The summed E-state index contributed by atoms with van der Waals surface area (Å²) in [4.78, 5) is 1.97. The second-order valence-corrected chi connectivity index (χ2v) is 6.17. The number of phenolic OH excluding ortho intramolecular Hbond substituents is 1. The summed E-state index contributed by atoms with van der Waals surface area (Å²) in [6.07, 6.45) is -4.55. The fraction of sp³-hybridized carbons (Fsp3) is 0.500. The molecule has 1 saturated heterocycles. The van der Waals surface area contributed by atoms with Gasteiger partial charge in [0.05, 0.1) is 5.56 Å². The molecule has 7 heteroatoms. The molecule has 0 aliphatic carbocycles. The maximum absolute atomic E-state index is 12.6. The van der Waals surface area contributed by atoms with Crippen molar-refractivity contribution in [3.8, 4) is 5.75 Å². The number of aromatic hydroxyl groups is 1. The molecule has 1 N–H and O–H groups in total. The molecule has 0 bridgehead atoms. The highest BCUT2D eigenvalue weighted by atomic mass is 32.2. The number of phenols is 1. The third-order valence-corrected chi connectivity index (χ3v) is 4.32. The topological polar surface area (TPSA) is 40.5 Å². The van der Waals surface area contributed by atoms with E-state index >= 15 is 0 Å². The van der Waals surface area contributed by atoms with Gasteiger partial charge in [0.15, 0.2) is 0 Å². The van der Waals surface area contributed by atoms with Gasteiger partial charge in [-0.2, -0.15) is 13.2 Å². The average Bonchev–Trinajstić information content (AvgIpc) is 2.33. The smallest absolute Gasteiger partial charge is 0.419 e. The quantitative estimate of drug-likeness (QED) is 0.906. The van der Waals surface area contributed by atoms with Crippen molar-refractivity contribution in [3.05, 3.63) is 29.3 Å². The molecule has 106 valence electrons. The lowest BCUT2D eigenvalue weighted by molar-refractivity contribution is -0.138. The first-order valence-corrected chi connectivity index (χ1v) is 7.31. The number of alkyl halides is 3. The molecule has 0 amide bonds. The normalized spacial score (nSPS) is 18.7. The zero-order valence-electron chi connectivity index (χ0n) is 10.1. The third kappa shape index (κ3) is 3.70. The lowest BCUT2D eigenvalue weighted by Gasteiger charge is -2.26. The number of rotatable bonds is 2. The van der Waals surface area contributed by atoms with Crippen LogP contribution >= 0.6 is 0 Å². The van der Waals surface area contributed by atoms with Gasteiger partial charge >= 0.3 is 6.18 Å². The first kappa shape index (κ1) is 14.3. The molecule has 2 rings (SSSR count). The number of nitrogens with zero attached hydrogens (tertiary/aromatic N) is 1. The number of halogens is 3. The maximum Gasteiger partial charge on any atom is 0.419 e. The van der Waals surface area contributed by atoms with Gasteiger partial charge in [0.25, 0.3) is 0 Å². The summed E-state index contributed by atoms with van der Waals surface area (Å²) in [5.41, 5.74) is -0.511. The van der Waals surface area contributed by atoms with E-state index in [1.807, 2.05) is 4.90 Å². The van der Waals surface area contributed by atoms with Crippen molar-refractivity contribution >= 4 is 10.8 Å². The Morgan fingerprint density at radius 3 is 2.47 bits per heavy atom. The van der Waals surface area contributed by atoms with Crippen molar-refractivity contribution in [3.63, 3.8) is 0 Å². The van der Waals surface area contributed by atoms with Crippen LogP contribution < -0.4 is 0 Å². The minimum absolute atomic E-state index is 0.376. The molecule has 1 fully saturated rings. The van der Waals surface area contributed by atoms with E-state index in [0.29, 0.717) is 36.7 Å². The summed E-state index contributed by atoms with van der Waals surface area (Å²) in [5, 5.41) is 9.24. The number of benzene rings is 1. The number of hydrogen-bond acceptors (Lipinski definition) is 3. The van der Waals surface area contributed by atoms with Gasteiger partial charge in [-0.3, -0.25) is 9.11 Å². The second kappa shape index (κ2) is 5.50. The Morgan fingerprint density at radius 1 is 1.26 bits per heavy atom. The fourth-order valence-electron chi connectivity index (χ4n) is 2.00. The van der Waals surface area contributed by atoms with Crippen LogP contribution in [0, 0.1) is 0 Å². The molecular formula is C12H14F3NO2S. The highest BCUT2D eigenvalue weighted by Crippen LogP contribution is 2.36. The molecule has 0 saturated carbocycles. The predicted molar refractivity (Wildman–Crippen MR) is 66.3 cm³/mol. The van der Waals surface area contributed by atoms with Gasteiger partial charge in [0.1, 0.15) is 5.75 Å². The molecule has 0 spiro atoms. The van der Waals surface area contributed by atoms with E-state index in [-0.39, 0.29) is 0 Å². The molecule has 3 nitrogen and oxygen atoms in total. The monoisotopic (exact) mass is 293 g/mol. The van der Waals surface area contributed by atoms with E-state index in [1.165, 1.54) is 6.07 Å². The van der Waals surface area contributed by atoms with E-state index < -0.39 is 28.3 Å². The van der Waals surface area contributed by atoms with E-state index in [0.717, 1.165) is 12.1 Å². The van der Waals surface area contributed by atoms with Crippen molar-refractivity contribution in [1.82, 2.24) is 4.90 Å². The van der Waals surface area contributed by atoms with Gasteiger partial charge in [-0.1, -0.05) is 6.07 Å². The van der Waals surface area contributed by atoms with E-state index in [1.54, 1.807) is 0 Å². The van der Waals surface area contributed by atoms with Crippen LogP contribution in [0.1, 0.15) is 11.1 Å². The van der Waals surface area contributed by atoms with E-state index in [2.05, 4.69) is 0 Å². The minimum Gasteiger partial charge on any atom is -0.507 e. The maximum atomic E-state index is 12.6. The molecule has 0 atom stereocenters. The first-order chi connectivity index (χ1) is 8.86. The highest BCUT2D eigenvalue weighted by molar-refractivity contribution is 7.85. The molecule has 1 aliphatic heterocycles. The first-order valence-electron chi connectivity index (χ1n) is 5.82. The average molecular weight is 293 g/mol. The van der Waals surface area contributed by atoms with Crippen LogP contribution in [0.4, 0.5) is 13.2 Å². The highest BCUT2D eigenvalue weighted by Gasteiger charge is 2.34. The Morgan fingerprint density at radius 2 is 1.89 bits per heavy atom. The SMILES string of the molecule is O=S1CCN(Cc2ccc(O)c(C(F)(F)F)c2)CC1. The van der Waals surface area contributed by atoms with Crippen LogP contribution in [0.15, 0.2) is 18.2 Å². The van der Waals surface area contributed by atoms with Crippen LogP contribution in [-0.4, -0.2) is 38.8 Å². The lowest BCUT2D eigenvalue weighted by atomic mass is 10.1. The molecule has 1 aromatic rings. The van der Waals surface area contributed by atoms with Crippen LogP contribution in [0.2, 0.25) is 0 Å². The summed E-state index contributed by atoms with van der Waals surface area (Å²) in [6.45, 7) is 1.62.